The van der Waals surface area contributed by atoms with Crippen LogP contribution < -0.4 is 5.32 Å². The molecule has 0 aromatic rings. The fraction of sp³-hybridized carbons (Fsp3) is 0.867. The average Bonchev–Trinajstić information content (AvgIpc) is 2.43. The number of hydrogen-bond acceptors (Lipinski definition) is 3. The lowest BCUT2D eigenvalue weighted by Crippen LogP contribution is -2.23. The van der Waals surface area contributed by atoms with Crippen molar-refractivity contribution in [2.45, 2.75) is 65.2 Å². The largest absolute Gasteiger partial charge is 0.374 e. The molecule has 1 N–H and O–H groups in total. The van der Waals surface area contributed by atoms with Gasteiger partial charge in [-0.15, -0.1) is 0 Å². The maximum Gasteiger partial charge on any atom is 0.219 e. The number of rotatable bonds is 13. The van der Waals surface area contributed by atoms with Crippen molar-refractivity contribution in [2.24, 2.45) is 0 Å². The average molecular weight is 271 g/mol. The van der Waals surface area contributed by atoms with Crippen molar-refractivity contribution in [2.75, 3.05) is 19.8 Å². The lowest BCUT2D eigenvalue weighted by atomic mass is 10.1. The third-order valence-corrected chi connectivity index (χ3v) is 3.02. The van der Waals surface area contributed by atoms with Gasteiger partial charge in [0.05, 0.1) is 0 Å². The number of carbonyl (C=O) groups excluding carboxylic acids is 2. The van der Waals surface area contributed by atoms with Crippen LogP contribution in [-0.4, -0.2) is 31.4 Å². The van der Waals surface area contributed by atoms with E-state index in [1.807, 2.05) is 13.8 Å². The summed E-state index contributed by atoms with van der Waals surface area (Å²) in [6.45, 7) is 5.49. The molecular formula is C15H29NO3. The Morgan fingerprint density at radius 1 is 0.895 bits per heavy atom. The Morgan fingerprint density at radius 2 is 1.53 bits per heavy atom. The topological polar surface area (TPSA) is 55.4 Å². The predicted molar refractivity (Wildman–Crippen MR) is 77.1 cm³/mol. The van der Waals surface area contributed by atoms with Crippen LogP contribution in [0, 0.1) is 0 Å². The van der Waals surface area contributed by atoms with E-state index in [9.17, 15) is 9.59 Å². The normalized spacial score (nSPS) is 10.4. The van der Waals surface area contributed by atoms with E-state index in [1.165, 1.54) is 19.3 Å². The van der Waals surface area contributed by atoms with Crippen LogP contribution in [0.4, 0.5) is 0 Å². The molecule has 0 atom stereocenters. The molecule has 0 aliphatic rings. The van der Waals surface area contributed by atoms with Gasteiger partial charge in [0.1, 0.15) is 6.61 Å². The van der Waals surface area contributed by atoms with Crippen molar-refractivity contribution in [3.8, 4) is 0 Å². The monoisotopic (exact) mass is 271 g/mol. The molecule has 0 aromatic heterocycles. The lowest BCUT2D eigenvalue weighted by Gasteiger charge is -2.04. The molecule has 0 aromatic carbocycles. The van der Waals surface area contributed by atoms with Crippen molar-refractivity contribution in [1.29, 1.82) is 0 Å². The Bertz CT molecular complexity index is 218. The highest BCUT2D eigenvalue weighted by molar-refractivity contribution is 5.79. The first-order valence-corrected chi connectivity index (χ1v) is 7.56. The molecule has 4 heteroatoms. The quantitative estimate of drug-likeness (QED) is 0.524. The molecule has 0 aliphatic carbocycles. The van der Waals surface area contributed by atoms with E-state index in [1.54, 1.807) is 0 Å². The molecule has 1 amide bonds. The maximum absolute atomic E-state index is 11.0. The molecule has 0 heterocycles. The van der Waals surface area contributed by atoms with Crippen LogP contribution >= 0.6 is 0 Å². The minimum absolute atomic E-state index is 0.138. The van der Waals surface area contributed by atoms with Gasteiger partial charge < -0.3 is 10.1 Å². The van der Waals surface area contributed by atoms with Crippen molar-refractivity contribution < 1.29 is 14.3 Å². The van der Waals surface area contributed by atoms with Crippen LogP contribution in [0.15, 0.2) is 0 Å². The second-order valence-corrected chi connectivity index (χ2v) is 4.77. The van der Waals surface area contributed by atoms with Crippen molar-refractivity contribution in [1.82, 2.24) is 5.32 Å². The second kappa shape index (κ2) is 13.5. The molecule has 19 heavy (non-hydrogen) atoms. The van der Waals surface area contributed by atoms with Crippen molar-refractivity contribution >= 4 is 11.7 Å². The Morgan fingerprint density at radius 3 is 2.16 bits per heavy atom. The smallest absolute Gasteiger partial charge is 0.219 e. The van der Waals surface area contributed by atoms with Crippen LogP contribution in [0.25, 0.3) is 0 Å². The summed E-state index contributed by atoms with van der Waals surface area (Å²) in [5.41, 5.74) is 0. The summed E-state index contributed by atoms with van der Waals surface area (Å²) in [5, 5.41) is 2.88. The van der Waals surface area contributed by atoms with Gasteiger partial charge >= 0.3 is 0 Å². The van der Waals surface area contributed by atoms with Crippen LogP contribution in [0.5, 0.6) is 0 Å². The molecule has 0 spiro atoms. The first-order valence-electron chi connectivity index (χ1n) is 7.56. The number of amides is 1. The van der Waals surface area contributed by atoms with Gasteiger partial charge in [0, 0.05) is 26.0 Å². The van der Waals surface area contributed by atoms with E-state index in [-0.39, 0.29) is 18.3 Å². The Labute approximate surface area is 117 Å². The van der Waals surface area contributed by atoms with Crippen LogP contribution in [-0.2, 0) is 14.3 Å². The highest BCUT2D eigenvalue weighted by Crippen LogP contribution is 2.05. The number of nitrogens with one attached hydrogen (secondary N) is 1. The zero-order valence-corrected chi connectivity index (χ0v) is 12.5. The molecule has 0 saturated heterocycles. The van der Waals surface area contributed by atoms with Gasteiger partial charge in [-0.2, -0.15) is 0 Å². The van der Waals surface area contributed by atoms with E-state index < -0.39 is 0 Å². The van der Waals surface area contributed by atoms with E-state index >= 15 is 0 Å². The highest BCUT2D eigenvalue weighted by Gasteiger charge is 1.98. The Balaban J connectivity index is 3.07. The highest BCUT2D eigenvalue weighted by atomic mass is 16.5. The first kappa shape index (κ1) is 18.1. The summed E-state index contributed by atoms with van der Waals surface area (Å²) < 4.78 is 5.27. The van der Waals surface area contributed by atoms with Gasteiger partial charge in [0.2, 0.25) is 5.91 Å². The predicted octanol–water partition coefficient (Wildman–Crippen LogP) is 2.85. The summed E-state index contributed by atoms with van der Waals surface area (Å²) in [6.07, 6.45) is 7.95. The van der Waals surface area contributed by atoms with Crippen LogP contribution in [0.3, 0.4) is 0 Å². The maximum atomic E-state index is 11.0. The van der Waals surface area contributed by atoms with Gasteiger partial charge in [0.15, 0.2) is 5.78 Å². The van der Waals surface area contributed by atoms with Crippen molar-refractivity contribution in [3.63, 3.8) is 0 Å². The number of ether oxygens (including phenoxy) is 1. The Kier molecular flexibility index (Phi) is 12.9. The third-order valence-electron chi connectivity index (χ3n) is 3.02. The molecule has 0 rings (SSSR count). The second-order valence-electron chi connectivity index (χ2n) is 4.77. The fourth-order valence-electron chi connectivity index (χ4n) is 1.68. The number of Topliss-reactive ketones (excluding diaryl/α,β-unsaturated/α-hetero) is 1. The van der Waals surface area contributed by atoms with Crippen LogP contribution in [0.1, 0.15) is 65.2 Å². The SMILES string of the molecule is CCC(=O)COCCCCCCCCNC(=O)CC. The zero-order chi connectivity index (χ0) is 14.3. The standard InChI is InChI=1S/C15H29NO3/c1-3-14(17)13-19-12-10-8-6-5-7-9-11-16-15(18)4-2/h3-13H2,1-2H3,(H,16,18). The molecule has 0 bridgehead atoms. The minimum Gasteiger partial charge on any atom is -0.374 e. The van der Waals surface area contributed by atoms with Gasteiger partial charge in [-0.1, -0.05) is 39.5 Å². The minimum atomic E-state index is 0.138. The number of hydrogen-bond donors (Lipinski definition) is 1. The van der Waals surface area contributed by atoms with Crippen molar-refractivity contribution in [3.05, 3.63) is 0 Å². The zero-order valence-electron chi connectivity index (χ0n) is 12.5. The van der Waals surface area contributed by atoms with Gasteiger partial charge in [-0.05, 0) is 12.8 Å². The van der Waals surface area contributed by atoms with E-state index in [0.29, 0.717) is 19.4 Å². The molecule has 0 fully saturated rings. The summed E-state index contributed by atoms with van der Waals surface area (Å²) in [5.74, 6) is 0.313. The van der Waals surface area contributed by atoms with E-state index in [4.69, 9.17) is 4.74 Å². The molecular weight excluding hydrogens is 242 g/mol. The third kappa shape index (κ3) is 13.3. The fourth-order valence-corrected chi connectivity index (χ4v) is 1.68. The number of carbonyl (C=O) groups is 2. The summed E-state index contributed by atoms with van der Waals surface area (Å²) in [7, 11) is 0. The molecule has 0 radical (unpaired) electrons. The molecule has 0 saturated carbocycles. The molecule has 4 nitrogen and oxygen atoms in total. The molecule has 0 aliphatic heterocycles. The van der Waals surface area contributed by atoms with E-state index in [0.717, 1.165) is 25.8 Å². The summed E-state index contributed by atoms with van der Waals surface area (Å²) in [4.78, 5) is 21.9. The summed E-state index contributed by atoms with van der Waals surface area (Å²) >= 11 is 0. The lowest BCUT2D eigenvalue weighted by molar-refractivity contribution is -0.123. The summed E-state index contributed by atoms with van der Waals surface area (Å²) in [6, 6.07) is 0. The first-order chi connectivity index (χ1) is 9.20. The molecule has 112 valence electrons. The van der Waals surface area contributed by atoms with Gasteiger partial charge in [0.25, 0.3) is 0 Å². The number of ketones is 1. The Hall–Kier alpha value is -0.900. The van der Waals surface area contributed by atoms with E-state index in [2.05, 4.69) is 5.32 Å². The van der Waals surface area contributed by atoms with Crippen LogP contribution in [0.2, 0.25) is 0 Å². The molecule has 0 unspecified atom stereocenters. The number of unbranched alkanes of at least 4 members (excludes halogenated alkanes) is 5. The van der Waals surface area contributed by atoms with Gasteiger partial charge in [-0.25, -0.2) is 0 Å². The van der Waals surface area contributed by atoms with Gasteiger partial charge in [-0.3, -0.25) is 9.59 Å².